The Labute approximate surface area is 184 Å². The van der Waals surface area contributed by atoms with Crippen LogP contribution in [-0.2, 0) is 31.3 Å². The molecule has 0 amide bonds. The summed E-state index contributed by atoms with van der Waals surface area (Å²) in [5, 5.41) is 0. The van der Waals surface area contributed by atoms with Crippen molar-refractivity contribution in [3.05, 3.63) is 54.1 Å². The molecule has 1 aliphatic heterocycles. The minimum Gasteiger partial charge on any atom is -0.497 e. The molecule has 1 heterocycles. The van der Waals surface area contributed by atoms with E-state index in [0.29, 0.717) is 12.4 Å². The van der Waals surface area contributed by atoms with Crippen molar-refractivity contribution in [3.63, 3.8) is 0 Å². The van der Waals surface area contributed by atoms with Gasteiger partial charge >= 0.3 is 0 Å². The van der Waals surface area contributed by atoms with E-state index in [2.05, 4.69) is 0 Å². The zero-order valence-electron chi connectivity index (χ0n) is 17.9. The fourth-order valence-corrected chi connectivity index (χ4v) is 5.74. The first-order chi connectivity index (χ1) is 14.6. The average Bonchev–Trinajstić information content (AvgIpc) is 3.26. The molecule has 3 rings (SSSR count). The lowest BCUT2D eigenvalue weighted by Crippen LogP contribution is -2.37. The van der Waals surface area contributed by atoms with Gasteiger partial charge in [-0.3, -0.25) is 0 Å². The number of nitrogens with zero attached hydrogens (tertiary/aromatic N) is 2. The zero-order chi connectivity index (χ0) is 22.6. The monoisotopic (exact) mass is 468 g/mol. The fourth-order valence-electron chi connectivity index (χ4n) is 3.38. The van der Waals surface area contributed by atoms with Crippen LogP contribution in [0.25, 0.3) is 0 Å². The minimum absolute atomic E-state index is 0.0334. The van der Waals surface area contributed by atoms with Gasteiger partial charge in [0.05, 0.1) is 23.0 Å². The molecule has 8 nitrogen and oxygen atoms in total. The van der Waals surface area contributed by atoms with Crippen LogP contribution >= 0.6 is 0 Å². The average molecular weight is 469 g/mol. The SMILES string of the molecule is COc1cccc(CN(C[C@H]2CCCO2)S(=O)(=O)c2ccc(S(=O)(=O)N(C)C)cc2)c1. The predicted octanol–water partition coefficient (Wildman–Crippen LogP) is 2.32. The maximum absolute atomic E-state index is 13.5. The molecule has 0 aliphatic carbocycles. The largest absolute Gasteiger partial charge is 0.497 e. The van der Waals surface area contributed by atoms with Crippen molar-refractivity contribution < 1.29 is 26.3 Å². The topological polar surface area (TPSA) is 93.2 Å². The van der Waals surface area contributed by atoms with Crippen LogP contribution in [0.3, 0.4) is 0 Å². The number of benzene rings is 2. The van der Waals surface area contributed by atoms with E-state index in [1.54, 1.807) is 19.2 Å². The second-order valence-electron chi connectivity index (χ2n) is 7.54. The molecule has 1 atom stereocenters. The van der Waals surface area contributed by atoms with E-state index in [-0.39, 0.29) is 29.0 Å². The molecule has 0 N–H and O–H groups in total. The number of sulfonamides is 2. The molecule has 1 aliphatic rings. The van der Waals surface area contributed by atoms with Gasteiger partial charge in [-0.1, -0.05) is 12.1 Å². The molecule has 170 valence electrons. The number of methoxy groups -OCH3 is 1. The molecule has 31 heavy (non-hydrogen) atoms. The quantitative estimate of drug-likeness (QED) is 0.561. The summed E-state index contributed by atoms with van der Waals surface area (Å²) in [5.41, 5.74) is 0.785. The van der Waals surface area contributed by atoms with Crippen molar-refractivity contribution in [2.45, 2.75) is 35.3 Å². The molecule has 0 bridgehead atoms. The van der Waals surface area contributed by atoms with Crippen LogP contribution in [-0.4, -0.2) is 65.9 Å². The van der Waals surface area contributed by atoms with Gasteiger partial charge in [0.25, 0.3) is 0 Å². The van der Waals surface area contributed by atoms with E-state index in [9.17, 15) is 16.8 Å². The van der Waals surface area contributed by atoms with E-state index in [0.717, 1.165) is 22.7 Å². The van der Waals surface area contributed by atoms with Gasteiger partial charge in [0.1, 0.15) is 5.75 Å². The van der Waals surface area contributed by atoms with Crippen molar-refractivity contribution in [2.75, 3.05) is 34.4 Å². The Balaban J connectivity index is 1.92. The predicted molar refractivity (Wildman–Crippen MR) is 117 cm³/mol. The molecule has 1 fully saturated rings. The molecule has 2 aromatic rings. The van der Waals surface area contributed by atoms with Crippen molar-refractivity contribution in [3.8, 4) is 5.75 Å². The third-order valence-corrected chi connectivity index (χ3v) is 8.82. The fraction of sp³-hybridized carbons (Fsp3) is 0.429. The van der Waals surface area contributed by atoms with Gasteiger partial charge < -0.3 is 9.47 Å². The van der Waals surface area contributed by atoms with Crippen LogP contribution in [0.15, 0.2) is 58.3 Å². The number of rotatable bonds is 9. The van der Waals surface area contributed by atoms with Crippen LogP contribution in [0.2, 0.25) is 0 Å². The summed E-state index contributed by atoms with van der Waals surface area (Å²) in [6, 6.07) is 12.5. The summed E-state index contributed by atoms with van der Waals surface area (Å²) >= 11 is 0. The summed E-state index contributed by atoms with van der Waals surface area (Å²) < 4.78 is 64.9. The van der Waals surface area contributed by atoms with Crippen molar-refractivity contribution in [2.24, 2.45) is 0 Å². The van der Waals surface area contributed by atoms with Crippen LogP contribution in [0.5, 0.6) is 5.75 Å². The molecule has 0 radical (unpaired) electrons. The lowest BCUT2D eigenvalue weighted by molar-refractivity contribution is 0.0926. The molecule has 0 unspecified atom stereocenters. The first kappa shape index (κ1) is 23.7. The third-order valence-electron chi connectivity index (χ3n) is 5.16. The Bertz CT molecular complexity index is 1090. The standard InChI is InChI=1S/C21H28N2O6S2/c1-22(2)30(24,25)20-9-11-21(12-10-20)31(26,27)23(16-19-8-5-13-29-19)15-17-6-4-7-18(14-17)28-3/h4,6-7,9-12,14,19H,5,8,13,15-16H2,1-3H3/t19-/m1/s1. The zero-order valence-corrected chi connectivity index (χ0v) is 19.5. The summed E-state index contributed by atoms with van der Waals surface area (Å²) in [6.45, 7) is 0.989. The van der Waals surface area contributed by atoms with Crippen LogP contribution in [0.1, 0.15) is 18.4 Å². The van der Waals surface area contributed by atoms with Gasteiger partial charge in [0, 0.05) is 33.8 Å². The smallest absolute Gasteiger partial charge is 0.243 e. The number of ether oxygens (including phenoxy) is 2. The molecule has 0 saturated carbocycles. The maximum Gasteiger partial charge on any atom is 0.243 e. The highest BCUT2D eigenvalue weighted by molar-refractivity contribution is 7.89. The molecule has 1 saturated heterocycles. The number of hydrogen-bond acceptors (Lipinski definition) is 6. The van der Waals surface area contributed by atoms with Gasteiger partial charge in [-0.05, 0) is 54.8 Å². The van der Waals surface area contributed by atoms with E-state index >= 15 is 0 Å². The summed E-state index contributed by atoms with van der Waals surface area (Å²) in [7, 11) is -3.11. The highest BCUT2D eigenvalue weighted by Gasteiger charge is 2.30. The van der Waals surface area contributed by atoms with Gasteiger partial charge in [0.2, 0.25) is 20.0 Å². The second kappa shape index (κ2) is 9.66. The lowest BCUT2D eigenvalue weighted by Gasteiger charge is -2.25. The Morgan fingerprint density at radius 1 is 1.00 bits per heavy atom. The second-order valence-corrected chi connectivity index (χ2v) is 11.6. The summed E-state index contributed by atoms with van der Waals surface area (Å²) in [4.78, 5) is 0.0704. The van der Waals surface area contributed by atoms with Crippen molar-refractivity contribution >= 4 is 20.0 Å². The Morgan fingerprint density at radius 2 is 1.65 bits per heavy atom. The molecule has 10 heteroatoms. The minimum atomic E-state index is -3.88. The Kier molecular flexibility index (Phi) is 7.38. The summed E-state index contributed by atoms with van der Waals surface area (Å²) in [6.07, 6.45) is 1.52. The van der Waals surface area contributed by atoms with Crippen molar-refractivity contribution in [1.82, 2.24) is 8.61 Å². The Morgan fingerprint density at radius 3 is 2.19 bits per heavy atom. The van der Waals surface area contributed by atoms with Crippen LogP contribution in [0.4, 0.5) is 0 Å². The molecule has 0 aromatic heterocycles. The maximum atomic E-state index is 13.5. The van der Waals surface area contributed by atoms with E-state index in [4.69, 9.17) is 9.47 Å². The van der Waals surface area contributed by atoms with Gasteiger partial charge in [-0.2, -0.15) is 4.31 Å². The first-order valence-electron chi connectivity index (χ1n) is 9.92. The number of hydrogen-bond donors (Lipinski definition) is 0. The third kappa shape index (κ3) is 5.45. The molecular weight excluding hydrogens is 440 g/mol. The van der Waals surface area contributed by atoms with Crippen molar-refractivity contribution in [1.29, 1.82) is 0 Å². The van der Waals surface area contributed by atoms with Gasteiger partial charge in [-0.25, -0.2) is 21.1 Å². The van der Waals surface area contributed by atoms with Gasteiger partial charge in [0.15, 0.2) is 0 Å². The van der Waals surface area contributed by atoms with E-state index < -0.39 is 20.0 Å². The lowest BCUT2D eigenvalue weighted by atomic mass is 10.2. The first-order valence-corrected chi connectivity index (χ1v) is 12.8. The van der Waals surface area contributed by atoms with Crippen LogP contribution < -0.4 is 4.74 Å². The normalized spacial score (nSPS) is 17.4. The van der Waals surface area contributed by atoms with E-state index in [1.807, 2.05) is 12.1 Å². The van der Waals surface area contributed by atoms with Gasteiger partial charge in [-0.15, -0.1) is 0 Å². The highest BCUT2D eigenvalue weighted by atomic mass is 32.2. The molecule has 2 aromatic carbocycles. The van der Waals surface area contributed by atoms with Crippen LogP contribution in [0, 0.1) is 0 Å². The summed E-state index contributed by atoms with van der Waals surface area (Å²) in [5.74, 6) is 0.644. The highest BCUT2D eigenvalue weighted by Crippen LogP contribution is 2.25. The Hall–Kier alpha value is -1.98. The molecule has 0 spiro atoms. The van der Waals surface area contributed by atoms with E-state index in [1.165, 1.54) is 42.7 Å². The molecular formula is C21H28N2O6S2.